The Morgan fingerprint density at radius 1 is 1.03 bits per heavy atom. The molecule has 1 aromatic heterocycles. The zero-order valence-electron chi connectivity index (χ0n) is 17.2. The summed E-state index contributed by atoms with van der Waals surface area (Å²) in [5, 5.41) is 7.72. The SMILES string of the molecule is O=C(Nc1noc2ccccc12)N1CCN(Cc2cccc(C3CCCC3)c2)CC1. The predicted octanol–water partition coefficient (Wildman–Crippen LogP) is 4.84. The second-order valence-electron chi connectivity index (χ2n) is 8.45. The predicted molar refractivity (Wildman–Crippen MR) is 118 cm³/mol. The largest absolute Gasteiger partial charge is 0.354 e. The van der Waals surface area contributed by atoms with E-state index in [0.29, 0.717) is 24.5 Å². The highest BCUT2D eigenvalue weighted by molar-refractivity contribution is 5.98. The lowest BCUT2D eigenvalue weighted by Gasteiger charge is -2.34. The van der Waals surface area contributed by atoms with Gasteiger partial charge in [-0.3, -0.25) is 10.2 Å². The summed E-state index contributed by atoms with van der Waals surface area (Å²) in [7, 11) is 0. The lowest BCUT2D eigenvalue weighted by Crippen LogP contribution is -2.49. The van der Waals surface area contributed by atoms with Gasteiger partial charge in [0.2, 0.25) is 0 Å². The zero-order valence-corrected chi connectivity index (χ0v) is 17.2. The Labute approximate surface area is 176 Å². The summed E-state index contributed by atoms with van der Waals surface area (Å²) < 4.78 is 5.28. The number of nitrogens with zero attached hydrogens (tertiary/aromatic N) is 3. The lowest BCUT2D eigenvalue weighted by atomic mass is 9.96. The summed E-state index contributed by atoms with van der Waals surface area (Å²) >= 11 is 0. The molecule has 2 aromatic carbocycles. The van der Waals surface area contributed by atoms with Crippen LogP contribution >= 0.6 is 0 Å². The molecule has 1 aliphatic heterocycles. The first kappa shape index (κ1) is 19.1. The first-order valence-electron chi connectivity index (χ1n) is 11.0. The molecule has 30 heavy (non-hydrogen) atoms. The number of carbonyl (C=O) groups is 1. The second kappa shape index (κ2) is 8.48. The molecule has 0 spiro atoms. The average Bonchev–Trinajstić information content (AvgIpc) is 3.45. The summed E-state index contributed by atoms with van der Waals surface area (Å²) in [6, 6.07) is 16.5. The third-order valence-electron chi connectivity index (χ3n) is 6.45. The highest BCUT2D eigenvalue weighted by atomic mass is 16.5. The number of anilines is 1. The molecule has 1 aliphatic carbocycles. The maximum absolute atomic E-state index is 12.7. The average molecular weight is 405 g/mol. The van der Waals surface area contributed by atoms with Crippen molar-refractivity contribution in [2.24, 2.45) is 0 Å². The van der Waals surface area contributed by atoms with Gasteiger partial charge in [-0.25, -0.2) is 4.79 Å². The van der Waals surface area contributed by atoms with Crippen molar-refractivity contribution >= 4 is 22.8 Å². The zero-order chi connectivity index (χ0) is 20.3. The van der Waals surface area contributed by atoms with Gasteiger partial charge in [0.25, 0.3) is 0 Å². The molecule has 6 heteroatoms. The van der Waals surface area contributed by atoms with Crippen molar-refractivity contribution in [3.8, 4) is 0 Å². The van der Waals surface area contributed by atoms with Crippen LogP contribution < -0.4 is 5.32 Å². The van der Waals surface area contributed by atoms with Crippen molar-refractivity contribution < 1.29 is 9.32 Å². The fourth-order valence-electron chi connectivity index (χ4n) is 4.73. The van der Waals surface area contributed by atoms with Crippen molar-refractivity contribution in [2.75, 3.05) is 31.5 Å². The van der Waals surface area contributed by atoms with E-state index >= 15 is 0 Å². The summed E-state index contributed by atoms with van der Waals surface area (Å²) in [5.74, 6) is 1.24. The number of fused-ring (bicyclic) bond motifs is 1. The topological polar surface area (TPSA) is 61.6 Å². The minimum Gasteiger partial charge on any atom is -0.354 e. The van der Waals surface area contributed by atoms with Crippen LogP contribution in [0.5, 0.6) is 0 Å². The summed E-state index contributed by atoms with van der Waals surface area (Å²) in [6.45, 7) is 4.12. The van der Waals surface area contributed by atoms with E-state index in [1.54, 1.807) is 0 Å². The molecule has 156 valence electrons. The van der Waals surface area contributed by atoms with Gasteiger partial charge in [0.1, 0.15) is 0 Å². The minimum absolute atomic E-state index is 0.114. The number of urea groups is 1. The monoisotopic (exact) mass is 404 g/mol. The first-order chi connectivity index (χ1) is 14.8. The fourth-order valence-corrected chi connectivity index (χ4v) is 4.73. The van der Waals surface area contributed by atoms with Crippen LogP contribution in [0.4, 0.5) is 10.6 Å². The summed E-state index contributed by atoms with van der Waals surface area (Å²) in [5.41, 5.74) is 3.56. The maximum Gasteiger partial charge on any atom is 0.323 e. The summed E-state index contributed by atoms with van der Waals surface area (Å²) in [6.07, 6.45) is 5.39. The normalized spacial score (nSPS) is 18.2. The van der Waals surface area contributed by atoms with E-state index in [0.717, 1.165) is 30.9 Å². The van der Waals surface area contributed by atoms with Crippen molar-refractivity contribution in [3.05, 3.63) is 59.7 Å². The van der Waals surface area contributed by atoms with Crippen molar-refractivity contribution in [1.29, 1.82) is 0 Å². The molecule has 1 N–H and O–H groups in total. The molecule has 5 rings (SSSR count). The quantitative estimate of drug-likeness (QED) is 0.676. The molecule has 0 radical (unpaired) electrons. The smallest absolute Gasteiger partial charge is 0.323 e. The number of carbonyl (C=O) groups excluding carboxylic acids is 1. The van der Waals surface area contributed by atoms with E-state index in [9.17, 15) is 4.79 Å². The third kappa shape index (κ3) is 4.05. The Balaban J connectivity index is 1.15. The molecule has 0 bridgehead atoms. The minimum atomic E-state index is -0.114. The molecule has 1 saturated carbocycles. The van der Waals surface area contributed by atoms with Gasteiger partial charge in [0.15, 0.2) is 11.4 Å². The third-order valence-corrected chi connectivity index (χ3v) is 6.45. The summed E-state index contributed by atoms with van der Waals surface area (Å²) in [4.78, 5) is 17.0. The van der Waals surface area contributed by atoms with Crippen LogP contribution in [0.2, 0.25) is 0 Å². The van der Waals surface area contributed by atoms with E-state index < -0.39 is 0 Å². The number of piperazine rings is 1. The number of nitrogens with one attached hydrogen (secondary N) is 1. The highest BCUT2D eigenvalue weighted by Crippen LogP contribution is 2.34. The molecule has 0 atom stereocenters. The van der Waals surface area contributed by atoms with E-state index in [1.807, 2.05) is 29.2 Å². The molecule has 6 nitrogen and oxygen atoms in total. The molecule has 2 aliphatic rings. The second-order valence-corrected chi connectivity index (χ2v) is 8.45. The van der Waals surface area contributed by atoms with Gasteiger partial charge in [-0.1, -0.05) is 54.4 Å². The molecule has 2 heterocycles. The Kier molecular flexibility index (Phi) is 5.41. The van der Waals surface area contributed by atoms with Gasteiger partial charge in [-0.2, -0.15) is 0 Å². The standard InChI is InChI=1S/C24H28N4O2/c29-24(25-23-21-10-3-4-11-22(21)30-26-23)28-14-12-27(13-15-28)17-18-6-5-9-20(16-18)19-7-1-2-8-19/h3-6,9-11,16,19H,1-2,7-8,12-15,17H2,(H,25,26,29). The van der Waals surface area contributed by atoms with Crippen molar-refractivity contribution in [1.82, 2.24) is 15.0 Å². The molecule has 2 amide bonds. The number of hydrogen-bond donors (Lipinski definition) is 1. The van der Waals surface area contributed by atoms with Crippen LogP contribution in [0, 0.1) is 0 Å². The van der Waals surface area contributed by atoms with Gasteiger partial charge in [0.05, 0.1) is 5.39 Å². The fraction of sp³-hybridized carbons (Fsp3) is 0.417. The first-order valence-corrected chi connectivity index (χ1v) is 11.0. The van der Waals surface area contributed by atoms with Crippen LogP contribution in [0.1, 0.15) is 42.7 Å². The molecule has 3 aromatic rings. The van der Waals surface area contributed by atoms with E-state index in [2.05, 4.69) is 39.6 Å². The number of aromatic nitrogens is 1. The Hall–Kier alpha value is -2.86. The van der Waals surface area contributed by atoms with Crippen LogP contribution in [0.15, 0.2) is 53.1 Å². The Morgan fingerprint density at radius 2 is 1.83 bits per heavy atom. The van der Waals surface area contributed by atoms with Crippen LogP contribution in [-0.4, -0.2) is 47.2 Å². The Bertz CT molecular complexity index is 1020. The molecular formula is C24H28N4O2. The van der Waals surface area contributed by atoms with Gasteiger partial charge >= 0.3 is 6.03 Å². The number of para-hydroxylation sites is 1. The number of benzene rings is 2. The number of hydrogen-bond acceptors (Lipinski definition) is 4. The number of rotatable bonds is 4. The highest BCUT2D eigenvalue weighted by Gasteiger charge is 2.23. The maximum atomic E-state index is 12.7. The van der Waals surface area contributed by atoms with Gasteiger partial charge in [-0.15, -0.1) is 0 Å². The molecular weight excluding hydrogens is 376 g/mol. The lowest BCUT2D eigenvalue weighted by molar-refractivity contribution is 0.143. The molecule has 1 saturated heterocycles. The Morgan fingerprint density at radius 3 is 2.67 bits per heavy atom. The van der Waals surface area contributed by atoms with E-state index in [1.165, 1.54) is 36.8 Å². The van der Waals surface area contributed by atoms with Crippen LogP contribution in [-0.2, 0) is 6.54 Å². The molecule has 0 unspecified atom stereocenters. The number of amides is 2. The van der Waals surface area contributed by atoms with Crippen molar-refractivity contribution in [2.45, 2.75) is 38.1 Å². The van der Waals surface area contributed by atoms with Crippen LogP contribution in [0.3, 0.4) is 0 Å². The van der Waals surface area contributed by atoms with Gasteiger partial charge in [0, 0.05) is 32.7 Å². The van der Waals surface area contributed by atoms with E-state index in [-0.39, 0.29) is 6.03 Å². The molecule has 2 fully saturated rings. The van der Waals surface area contributed by atoms with Gasteiger partial charge in [-0.05, 0) is 42.0 Å². The van der Waals surface area contributed by atoms with Gasteiger partial charge < -0.3 is 9.42 Å². The van der Waals surface area contributed by atoms with E-state index in [4.69, 9.17) is 4.52 Å². The van der Waals surface area contributed by atoms with Crippen LogP contribution in [0.25, 0.3) is 11.0 Å². The van der Waals surface area contributed by atoms with Crippen molar-refractivity contribution in [3.63, 3.8) is 0 Å².